The average Bonchev–Trinajstić information content (AvgIpc) is 2.51. The zero-order valence-electron chi connectivity index (χ0n) is 4.59. The fraction of sp³-hybridized carbons (Fsp3) is 0.800. The molecule has 1 saturated carbocycles. The number of hydrogen-bond donors (Lipinski definition) is 1. The molecule has 0 aromatic heterocycles. The summed E-state index contributed by atoms with van der Waals surface area (Å²) in [4.78, 5) is 13.8. The molecule has 0 aliphatic heterocycles. The molecule has 0 radical (unpaired) electrons. The Morgan fingerprint density at radius 1 is 1.75 bits per heavy atom. The summed E-state index contributed by atoms with van der Waals surface area (Å²) in [6.07, 6.45) is 2.55. The highest BCUT2D eigenvalue weighted by Gasteiger charge is 2.20. The zero-order valence-corrected chi connectivity index (χ0v) is 4.59. The Morgan fingerprint density at radius 3 is 3.00 bits per heavy atom. The summed E-state index contributed by atoms with van der Waals surface area (Å²) in [5, 5.41) is 0. The van der Waals surface area contributed by atoms with Crippen molar-refractivity contribution in [2.24, 2.45) is 5.92 Å². The first kappa shape index (κ1) is 5.56. The van der Waals surface area contributed by atoms with Crippen LogP contribution < -0.4 is 5.48 Å². The summed E-state index contributed by atoms with van der Waals surface area (Å²) in [6, 6.07) is 0. The van der Waals surface area contributed by atoms with Gasteiger partial charge in [-0.3, -0.25) is 4.79 Å². The minimum absolute atomic E-state index is 0.405. The molecule has 0 atom stereocenters. The monoisotopic (exact) mass is 115 g/mol. The van der Waals surface area contributed by atoms with Gasteiger partial charge in [-0.05, 0) is 18.8 Å². The second kappa shape index (κ2) is 2.67. The van der Waals surface area contributed by atoms with Crippen molar-refractivity contribution in [3.8, 4) is 0 Å². The number of rotatable bonds is 4. The predicted molar refractivity (Wildman–Crippen MR) is 27.9 cm³/mol. The van der Waals surface area contributed by atoms with Crippen molar-refractivity contribution in [3.05, 3.63) is 0 Å². The van der Waals surface area contributed by atoms with Gasteiger partial charge in [-0.1, -0.05) is 0 Å². The second-order valence-electron chi connectivity index (χ2n) is 2.01. The second-order valence-corrected chi connectivity index (χ2v) is 2.01. The fourth-order valence-corrected chi connectivity index (χ4v) is 0.522. The number of hydrogen-bond acceptors (Lipinski definition) is 3. The molecule has 3 heteroatoms. The van der Waals surface area contributed by atoms with Crippen LogP contribution in [0.25, 0.3) is 0 Å². The Labute approximate surface area is 48.0 Å². The summed E-state index contributed by atoms with van der Waals surface area (Å²) < 4.78 is 0. The molecule has 0 heterocycles. The minimum atomic E-state index is 0.405. The molecule has 1 N–H and O–H groups in total. The zero-order chi connectivity index (χ0) is 5.82. The van der Waals surface area contributed by atoms with E-state index in [0.717, 1.165) is 12.5 Å². The Balaban J connectivity index is 1.80. The SMILES string of the molecule is O=CONCC1CC1. The van der Waals surface area contributed by atoms with Crippen molar-refractivity contribution >= 4 is 6.47 Å². The van der Waals surface area contributed by atoms with E-state index >= 15 is 0 Å². The third-order valence-electron chi connectivity index (χ3n) is 1.20. The Kier molecular flexibility index (Phi) is 1.86. The van der Waals surface area contributed by atoms with Crippen LogP contribution in [0.4, 0.5) is 0 Å². The van der Waals surface area contributed by atoms with Gasteiger partial charge in [0.05, 0.1) is 0 Å². The van der Waals surface area contributed by atoms with Crippen LogP contribution in [0.3, 0.4) is 0 Å². The number of carbonyl (C=O) groups is 1. The van der Waals surface area contributed by atoms with Crippen LogP contribution in [0.5, 0.6) is 0 Å². The van der Waals surface area contributed by atoms with Crippen LogP contribution in [0.15, 0.2) is 0 Å². The molecule has 0 aromatic rings. The maximum Gasteiger partial charge on any atom is 0.312 e. The lowest BCUT2D eigenvalue weighted by Crippen LogP contribution is -2.15. The van der Waals surface area contributed by atoms with Gasteiger partial charge >= 0.3 is 6.47 Å². The Hall–Kier alpha value is -0.570. The maximum atomic E-state index is 9.52. The summed E-state index contributed by atoms with van der Waals surface area (Å²) in [7, 11) is 0. The molecular formula is C5H9NO2. The van der Waals surface area contributed by atoms with Gasteiger partial charge < -0.3 is 4.84 Å². The van der Waals surface area contributed by atoms with Gasteiger partial charge in [0.2, 0.25) is 0 Å². The quantitative estimate of drug-likeness (QED) is 0.320. The lowest BCUT2D eigenvalue weighted by atomic mass is 10.4. The molecule has 0 amide bonds. The Morgan fingerprint density at radius 2 is 2.50 bits per heavy atom. The van der Waals surface area contributed by atoms with E-state index in [9.17, 15) is 4.79 Å². The molecule has 0 saturated heterocycles. The highest BCUT2D eigenvalue weighted by molar-refractivity contribution is 5.36. The van der Waals surface area contributed by atoms with E-state index in [1.54, 1.807) is 0 Å². The van der Waals surface area contributed by atoms with Gasteiger partial charge in [0, 0.05) is 6.54 Å². The van der Waals surface area contributed by atoms with Crippen LogP contribution in [-0.4, -0.2) is 13.0 Å². The summed E-state index contributed by atoms with van der Waals surface area (Å²) in [5.74, 6) is 0.759. The summed E-state index contributed by atoms with van der Waals surface area (Å²) in [5.41, 5.74) is 2.53. The lowest BCUT2D eigenvalue weighted by Gasteiger charge is -1.95. The van der Waals surface area contributed by atoms with E-state index in [1.807, 2.05) is 0 Å². The van der Waals surface area contributed by atoms with Crippen LogP contribution in [0.2, 0.25) is 0 Å². The van der Waals surface area contributed by atoms with Gasteiger partial charge in [-0.2, -0.15) is 5.48 Å². The van der Waals surface area contributed by atoms with E-state index < -0.39 is 0 Å². The van der Waals surface area contributed by atoms with Crippen molar-refractivity contribution in [2.45, 2.75) is 12.8 Å². The molecule has 0 bridgehead atoms. The van der Waals surface area contributed by atoms with Crippen molar-refractivity contribution in [3.63, 3.8) is 0 Å². The first-order chi connectivity index (χ1) is 3.93. The number of nitrogens with one attached hydrogen (secondary N) is 1. The van der Waals surface area contributed by atoms with Gasteiger partial charge in [0.25, 0.3) is 0 Å². The number of carbonyl (C=O) groups excluding carboxylic acids is 1. The molecule has 1 fully saturated rings. The van der Waals surface area contributed by atoms with Crippen LogP contribution in [0, 0.1) is 5.92 Å². The van der Waals surface area contributed by atoms with E-state index in [2.05, 4.69) is 10.3 Å². The highest BCUT2D eigenvalue weighted by atomic mass is 16.7. The normalized spacial score (nSPS) is 18.0. The fourth-order valence-electron chi connectivity index (χ4n) is 0.522. The standard InChI is InChI=1S/C5H9NO2/c7-4-8-6-3-5-1-2-5/h4-6H,1-3H2. The van der Waals surface area contributed by atoms with Gasteiger partial charge in [0.15, 0.2) is 0 Å². The van der Waals surface area contributed by atoms with E-state index in [1.165, 1.54) is 12.8 Å². The third kappa shape index (κ3) is 1.93. The Bertz CT molecular complexity index is 80.5. The molecule has 0 unspecified atom stereocenters. The third-order valence-corrected chi connectivity index (χ3v) is 1.20. The molecule has 0 aromatic carbocycles. The maximum absolute atomic E-state index is 9.52. The van der Waals surface area contributed by atoms with Crippen molar-refractivity contribution < 1.29 is 9.63 Å². The van der Waals surface area contributed by atoms with E-state index in [0.29, 0.717) is 6.47 Å². The molecule has 8 heavy (non-hydrogen) atoms. The molecule has 1 aliphatic rings. The summed E-state index contributed by atoms with van der Waals surface area (Å²) in [6.45, 7) is 1.22. The van der Waals surface area contributed by atoms with Crippen molar-refractivity contribution in [1.82, 2.24) is 5.48 Å². The predicted octanol–water partition coefficient (Wildman–Crippen LogP) is 0.0740. The molecule has 46 valence electrons. The first-order valence-corrected chi connectivity index (χ1v) is 2.75. The highest BCUT2D eigenvalue weighted by Crippen LogP contribution is 2.27. The summed E-state index contributed by atoms with van der Waals surface area (Å²) >= 11 is 0. The van der Waals surface area contributed by atoms with Crippen LogP contribution >= 0.6 is 0 Å². The minimum Gasteiger partial charge on any atom is -0.374 e. The van der Waals surface area contributed by atoms with Crippen molar-refractivity contribution in [1.29, 1.82) is 0 Å². The lowest BCUT2D eigenvalue weighted by molar-refractivity contribution is -0.135. The smallest absolute Gasteiger partial charge is 0.312 e. The largest absolute Gasteiger partial charge is 0.374 e. The van der Waals surface area contributed by atoms with Crippen LogP contribution in [-0.2, 0) is 9.63 Å². The van der Waals surface area contributed by atoms with Gasteiger partial charge in [0.1, 0.15) is 0 Å². The first-order valence-electron chi connectivity index (χ1n) is 2.75. The topological polar surface area (TPSA) is 38.3 Å². The number of hydroxylamine groups is 1. The van der Waals surface area contributed by atoms with E-state index in [4.69, 9.17) is 0 Å². The van der Waals surface area contributed by atoms with E-state index in [-0.39, 0.29) is 0 Å². The molecule has 0 spiro atoms. The molecule has 1 rings (SSSR count). The average molecular weight is 115 g/mol. The molecular weight excluding hydrogens is 106 g/mol. The van der Waals surface area contributed by atoms with Crippen LogP contribution in [0.1, 0.15) is 12.8 Å². The van der Waals surface area contributed by atoms with Gasteiger partial charge in [-0.15, -0.1) is 0 Å². The molecule has 1 aliphatic carbocycles. The molecule has 3 nitrogen and oxygen atoms in total. The van der Waals surface area contributed by atoms with Crippen molar-refractivity contribution in [2.75, 3.05) is 6.54 Å². The van der Waals surface area contributed by atoms with Gasteiger partial charge in [-0.25, -0.2) is 0 Å².